The minimum absolute atomic E-state index is 0.320. The number of fused-ring (bicyclic) bond motifs is 3. The highest BCUT2D eigenvalue weighted by molar-refractivity contribution is 6.05. The first-order valence-corrected chi connectivity index (χ1v) is 8.83. The van der Waals surface area contributed by atoms with E-state index in [1.807, 2.05) is 18.2 Å². The van der Waals surface area contributed by atoms with E-state index in [2.05, 4.69) is 50.9 Å². The van der Waals surface area contributed by atoms with Crippen LogP contribution in [0.2, 0.25) is 0 Å². The molecule has 3 aromatic heterocycles. The number of hydrogen-bond acceptors (Lipinski definition) is 4. The second-order valence-electron chi connectivity index (χ2n) is 6.72. The molecule has 1 atom stereocenters. The Hall–Kier alpha value is -2.82. The molecule has 1 aromatic carbocycles. The third-order valence-electron chi connectivity index (χ3n) is 5.24. The van der Waals surface area contributed by atoms with Gasteiger partial charge in [0.05, 0.1) is 6.04 Å². The van der Waals surface area contributed by atoms with E-state index < -0.39 is 0 Å². The highest BCUT2D eigenvalue weighted by Gasteiger charge is 2.29. The first-order valence-electron chi connectivity index (χ1n) is 8.83. The zero-order valence-corrected chi connectivity index (χ0v) is 14.2. The van der Waals surface area contributed by atoms with Gasteiger partial charge in [-0.1, -0.05) is 12.1 Å². The van der Waals surface area contributed by atoms with Gasteiger partial charge in [-0.3, -0.25) is 0 Å². The van der Waals surface area contributed by atoms with Crippen molar-refractivity contribution in [1.29, 1.82) is 0 Å². The predicted molar refractivity (Wildman–Crippen MR) is 98.7 cm³/mol. The maximum Gasteiger partial charge on any atom is 0.196 e. The fourth-order valence-corrected chi connectivity index (χ4v) is 4.03. The Morgan fingerprint density at radius 1 is 1.08 bits per heavy atom. The lowest BCUT2D eigenvalue weighted by Crippen LogP contribution is -2.35. The van der Waals surface area contributed by atoms with Crippen molar-refractivity contribution in [1.82, 2.24) is 14.5 Å². The van der Waals surface area contributed by atoms with Crippen LogP contribution in [0.1, 0.15) is 31.0 Å². The van der Waals surface area contributed by atoms with E-state index in [0.717, 1.165) is 40.9 Å². The van der Waals surface area contributed by atoms with Crippen molar-refractivity contribution in [3.05, 3.63) is 54.6 Å². The number of anilines is 1. The highest BCUT2D eigenvalue weighted by Crippen LogP contribution is 2.39. The molecule has 0 bridgehead atoms. The first-order chi connectivity index (χ1) is 12.3. The summed E-state index contributed by atoms with van der Waals surface area (Å²) in [7, 11) is 2.11. The normalized spacial score (nSPS) is 18.3. The molecule has 0 aliphatic carbocycles. The van der Waals surface area contributed by atoms with E-state index in [0.29, 0.717) is 6.04 Å². The lowest BCUT2D eigenvalue weighted by molar-refractivity contribution is 0.452. The molecule has 4 aromatic rings. The SMILES string of the molecule is Cn1cccc1C1CCCCN1c1ncnc2c1oc1ccccc12. The first kappa shape index (κ1) is 14.5. The molecule has 1 aliphatic rings. The average molecular weight is 332 g/mol. The van der Waals surface area contributed by atoms with E-state index >= 15 is 0 Å². The smallest absolute Gasteiger partial charge is 0.196 e. The number of piperidine rings is 1. The van der Waals surface area contributed by atoms with Crippen LogP contribution in [0.25, 0.3) is 22.1 Å². The van der Waals surface area contributed by atoms with Crippen molar-refractivity contribution in [2.75, 3.05) is 11.4 Å². The number of furan rings is 1. The molecule has 5 heteroatoms. The maximum atomic E-state index is 6.16. The van der Waals surface area contributed by atoms with Crippen LogP contribution in [-0.4, -0.2) is 21.1 Å². The standard InChI is InChI=1S/C20H20N4O/c1-23-11-6-9-15(23)16-8-4-5-12-24(16)20-19-18(21-13-22-20)14-7-2-3-10-17(14)25-19/h2-3,6-7,9-11,13,16H,4-5,8,12H2,1H3. The van der Waals surface area contributed by atoms with Crippen LogP contribution in [-0.2, 0) is 7.05 Å². The summed E-state index contributed by atoms with van der Waals surface area (Å²) in [5.41, 5.74) is 3.89. The second kappa shape index (κ2) is 5.62. The summed E-state index contributed by atoms with van der Waals surface area (Å²) < 4.78 is 8.37. The molecule has 5 rings (SSSR count). The van der Waals surface area contributed by atoms with Crippen molar-refractivity contribution in [3.63, 3.8) is 0 Å². The molecule has 0 saturated carbocycles. The molecule has 1 saturated heterocycles. The number of nitrogens with zero attached hydrogens (tertiary/aromatic N) is 4. The van der Waals surface area contributed by atoms with E-state index in [-0.39, 0.29) is 0 Å². The van der Waals surface area contributed by atoms with Gasteiger partial charge in [-0.2, -0.15) is 0 Å². The molecule has 25 heavy (non-hydrogen) atoms. The van der Waals surface area contributed by atoms with Crippen LogP contribution in [0.5, 0.6) is 0 Å². The summed E-state index contributed by atoms with van der Waals surface area (Å²) in [5, 5.41) is 1.05. The molecule has 0 spiro atoms. The lowest BCUT2D eigenvalue weighted by Gasteiger charge is -2.36. The highest BCUT2D eigenvalue weighted by atomic mass is 16.3. The van der Waals surface area contributed by atoms with Gasteiger partial charge in [-0.05, 0) is 43.5 Å². The number of rotatable bonds is 2. The monoisotopic (exact) mass is 332 g/mol. The Morgan fingerprint density at radius 2 is 2.00 bits per heavy atom. The van der Waals surface area contributed by atoms with Crippen LogP contribution in [0.3, 0.4) is 0 Å². The number of para-hydroxylation sites is 1. The van der Waals surface area contributed by atoms with Crippen molar-refractivity contribution in [3.8, 4) is 0 Å². The molecular formula is C20H20N4O. The number of hydrogen-bond donors (Lipinski definition) is 0. The molecule has 0 radical (unpaired) electrons. The van der Waals surface area contributed by atoms with Crippen LogP contribution in [0.4, 0.5) is 5.82 Å². The van der Waals surface area contributed by atoms with Crippen LogP contribution in [0, 0.1) is 0 Å². The molecule has 0 amide bonds. The quantitative estimate of drug-likeness (QED) is 0.544. The summed E-state index contributed by atoms with van der Waals surface area (Å²) in [6.07, 6.45) is 7.31. The molecule has 1 fully saturated rings. The summed E-state index contributed by atoms with van der Waals surface area (Å²) in [6, 6.07) is 12.7. The van der Waals surface area contributed by atoms with Crippen molar-refractivity contribution < 1.29 is 4.42 Å². The van der Waals surface area contributed by atoms with E-state index in [9.17, 15) is 0 Å². The average Bonchev–Trinajstić information content (AvgIpc) is 3.25. The van der Waals surface area contributed by atoms with Gasteiger partial charge in [0, 0.05) is 30.9 Å². The Morgan fingerprint density at radius 3 is 2.88 bits per heavy atom. The van der Waals surface area contributed by atoms with Gasteiger partial charge in [0.15, 0.2) is 11.4 Å². The summed E-state index contributed by atoms with van der Waals surface area (Å²) in [5.74, 6) is 0.909. The minimum Gasteiger partial charge on any atom is -0.450 e. The van der Waals surface area contributed by atoms with Gasteiger partial charge in [0.1, 0.15) is 17.4 Å². The Bertz CT molecular complexity index is 1050. The molecule has 5 nitrogen and oxygen atoms in total. The third-order valence-corrected chi connectivity index (χ3v) is 5.24. The van der Waals surface area contributed by atoms with E-state index in [1.165, 1.54) is 18.5 Å². The summed E-state index contributed by atoms with van der Waals surface area (Å²) >= 11 is 0. The molecule has 0 N–H and O–H groups in total. The van der Waals surface area contributed by atoms with Crippen LogP contribution in [0.15, 0.2) is 53.3 Å². The molecule has 1 unspecified atom stereocenters. The van der Waals surface area contributed by atoms with Crippen LogP contribution >= 0.6 is 0 Å². The van der Waals surface area contributed by atoms with Gasteiger partial charge in [-0.15, -0.1) is 0 Å². The topological polar surface area (TPSA) is 47.1 Å². The number of aromatic nitrogens is 3. The molecular weight excluding hydrogens is 312 g/mol. The zero-order chi connectivity index (χ0) is 16.8. The second-order valence-corrected chi connectivity index (χ2v) is 6.72. The fourth-order valence-electron chi connectivity index (χ4n) is 4.03. The number of aryl methyl sites for hydroxylation is 1. The molecule has 1 aliphatic heterocycles. The van der Waals surface area contributed by atoms with Gasteiger partial charge >= 0.3 is 0 Å². The molecule has 126 valence electrons. The third kappa shape index (κ3) is 2.22. The Balaban J connectivity index is 1.69. The Labute approximate surface area is 145 Å². The number of benzene rings is 1. The minimum atomic E-state index is 0.320. The van der Waals surface area contributed by atoms with E-state index in [1.54, 1.807) is 6.33 Å². The zero-order valence-electron chi connectivity index (χ0n) is 14.2. The van der Waals surface area contributed by atoms with Gasteiger partial charge in [0.2, 0.25) is 0 Å². The van der Waals surface area contributed by atoms with Crippen LogP contribution < -0.4 is 4.90 Å². The summed E-state index contributed by atoms with van der Waals surface area (Å²) in [6.45, 7) is 0.985. The Kier molecular flexibility index (Phi) is 3.26. The van der Waals surface area contributed by atoms with Crippen molar-refractivity contribution in [2.45, 2.75) is 25.3 Å². The maximum absolute atomic E-state index is 6.16. The van der Waals surface area contributed by atoms with E-state index in [4.69, 9.17) is 4.42 Å². The van der Waals surface area contributed by atoms with Gasteiger partial charge in [-0.25, -0.2) is 9.97 Å². The molecule has 4 heterocycles. The van der Waals surface area contributed by atoms with Gasteiger partial charge < -0.3 is 13.9 Å². The fraction of sp³-hybridized carbons (Fsp3) is 0.300. The lowest BCUT2D eigenvalue weighted by atomic mass is 9.99. The largest absolute Gasteiger partial charge is 0.450 e. The van der Waals surface area contributed by atoms with Crippen molar-refractivity contribution >= 4 is 27.9 Å². The summed E-state index contributed by atoms with van der Waals surface area (Å²) in [4.78, 5) is 11.5. The van der Waals surface area contributed by atoms with Crippen molar-refractivity contribution in [2.24, 2.45) is 7.05 Å². The predicted octanol–water partition coefficient (Wildman–Crippen LogP) is 4.45. The van der Waals surface area contributed by atoms with Gasteiger partial charge in [0.25, 0.3) is 0 Å².